The standard InChI is InChI=1S/C15H15NO5/c1-2-21-12-6-8(14(17)18)5-11-13(12)10(15(19)20)7-16(11)9-3-4-9/h5-7,9H,2-4H2,1H3,(H,17,18)(H,19,20). The van der Waals surface area contributed by atoms with Crippen LogP contribution < -0.4 is 4.74 Å². The predicted octanol–water partition coefficient (Wildman–Crippen LogP) is 2.77. The van der Waals surface area contributed by atoms with Gasteiger partial charge in [-0.25, -0.2) is 9.59 Å². The fraction of sp³-hybridized carbons (Fsp3) is 0.333. The first-order chi connectivity index (χ1) is 10.0. The molecule has 21 heavy (non-hydrogen) atoms. The summed E-state index contributed by atoms with van der Waals surface area (Å²) in [5.41, 5.74) is 0.860. The van der Waals surface area contributed by atoms with Gasteiger partial charge in [0.15, 0.2) is 0 Å². The van der Waals surface area contributed by atoms with Crippen LogP contribution in [0.15, 0.2) is 18.3 Å². The second kappa shape index (κ2) is 4.80. The summed E-state index contributed by atoms with van der Waals surface area (Å²) in [7, 11) is 0. The molecule has 2 aromatic rings. The Morgan fingerprint density at radius 3 is 2.52 bits per heavy atom. The van der Waals surface area contributed by atoms with Crippen LogP contribution in [0.5, 0.6) is 5.75 Å². The lowest BCUT2D eigenvalue weighted by Crippen LogP contribution is -2.01. The van der Waals surface area contributed by atoms with Gasteiger partial charge in [-0.1, -0.05) is 0 Å². The lowest BCUT2D eigenvalue weighted by Gasteiger charge is -2.09. The van der Waals surface area contributed by atoms with Crippen molar-refractivity contribution in [3.05, 3.63) is 29.5 Å². The van der Waals surface area contributed by atoms with Crippen molar-refractivity contribution in [2.45, 2.75) is 25.8 Å². The number of carboxylic acid groups (broad SMARTS) is 2. The highest BCUT2D eigenvalue weighted by Gasteiger charge is 2.29. The quantitative estimate of drug-likeness (QED) is 0.883. The van der Waals surface area contributed by atoms with Crippen LogP contribution in [0.4, 0.5) is 0 Å². The highest BCUT2D eigenvalue weighted by atomic mass is 16.5. The van der Waals surface area contributed by atoms with E-state index in [1.165, 1.54) is 12.1 Å². The van der Waals surface area contributed by atoms with E-state index in [9.17, 15) is 19.8 Å². The monoisotopic (exact) mass is 289 g/mol. The Balaban J connectivity index is 2.34. The summed E-state index contributed by atoms with van der Waals surface area (Å²) in [6.07, 6.45) is 3.53. The smallest absolute Gasteiger partial charge is 0.338 e. The van der Waals surface area contributed by atoms with E-state index >= 15 is 0 Å². The molecular formula is C15H15NO5. The Morgan fingerprint density at radius 2 is 2.00 bits per heavy atom. The first kappa shape index (κ1) is 13.5. The summed E-state index contributed by atoms with van der Waals surface area (Å²) >= 11 is 0. The highest BCUT2D eigenvalue weighted by Crippen LogP contribution is 2.41. The van der Waals surface area contributed by atoms with Gasteiger partial charge in [-0.3, -0.25) is 0 Å². The molecule has 0 aliphatic heterocycles. The van der Waals surface area contributed by atoms with Crippen LogP contribution in [0.1, 0.15) is 46.5 Å². The topological polar surface area (TPSA) is 88.8 Å². The molecule has 0 bridgehead atoms. The number of aromatic nitrogens is 1. The second-order valence-electron chi connectivity index (χ2n) is 5.09. The van der Waals surface area contributed by atoms with Gasteiger partial charge in [0.25, 0.3) is 0 Å². The third-order valence-electron chi connectivity index (χ3n) is 3.61. The van der Waals surface area contributed by atoms with Crippen molar-refractivity contribution < 1.29 is 24.5 Å². The Hall–Kier alpha value is -2.50. The maximum atomic E-state index is 11.5. The molecule has 1 aromatic heterocycles. The molecule has 0 amide bonds. The van der Waals surface area contributed by atoms with Crippen molar-refractivity contribution in [1.82, 2.24) is 4.57 Å². The first-order valence-corrected chi connectivity index (χ1v) is 6.81. The molecule has 1 aliphatic rings. The zero-order chi connectivity index (χ0) is 15.1. The lowest BCUT2D eigenvalue weighted by atomic mass is 10.1. The Labute approximate surface area is 120 Å². The maximum Gasteiger partial charge on any atom is 0.338 e. The average Bonchev–Trinajstić information content (AvgIpc) is 3.19. The molecule has 0 radical (unpaired) electrons. The molecule has 0 saturated heterocycles. The minimum absolute atomic E-state index is 0.0999. The molecule has 6 nitrogen and oxygen atoms in total. The summed E-state index contributed by atoms with van der Waals surface area (Å²) in [4.78, 5) is 22.7. The van der Waals surface area contributed by atoms with Crippen LogP contribution in [0.25, 0.3) is 10.9 Å². The largest absolute Gasteiger partial charge is 0.493 e. The van der Waals surface area contributed by atoms with Gasteiger partial charge >= 0.3 is 11.9 Å². The third kappa shape index (κ3) is 2.22. The summed E-state index contributed by atoms with van der Waals surface area (Å²) in [5, 5.41) is 19.1. The molecule has 3 rings (SSSR count). The molecule has 1 fully saturated rings. The number of hydrogen-bond donors (Lipinski definition) is 2. The van der Waals surface area contributed by atoms with Gasteiger partial charge in [-0.2, -0.15) is 0 Å². The van der Waals surface area contributed by atoms with E-state index in [1.807, 2.05) is 4.57 Å². The molecule has 1 heterocycles. The summed E-state index contributed by atoms with van der Waals surface area (Å²) in [6.45, 7) is 2.11. The summed E-state index contributed by atoms with van der Waals surface area (Å²) < 4.78 is 7.33. The van der Waals surface area contributed by atoms with Crippen molar-refractivity contribution in [1.29, 1.82) is 0 Å². The van der Waals surface area contributed by atoms with Gasteiger partial charge in [-0.05, 0) is 31.9 Å². The van der Waals surface area contributed by atoms with Gasteiger partial charge in [0, 0.05) is 12.2 Å². The van der Waals surface area contributed by atoms with E-state index in [0.717, 1.165) is 12.8 Å². The van der Waals surface area contributed by atoms with Crippen LogP contribution in [0.3, 0.4) is 0 Å². The van der Waals surface area contributed by atoms with Crippen LogP contribution in [-0.4, -0.2) is 33.3 Å². The van der Waals surface area contributed by atoms with Gasteiger partial charge < -0.3 is 19.5 Å². The molecule has 2 N–H and O–H groups in total. The third-order valence-corrected chi connectivity index (χ3v) is 3.61. The van der Waals surface area contributed by atoms with Crippen molar-refractivity contribution in [3.63, 3.8) is 0 Å². The SMILES string of the molecule is CCOc1cc(C(=O)O)cc2c1c(C(=O)O)cn2C1CC1. The molecule has 1 saturated carbocycles. The highest BCUT2D eigenvalue weighted by molar-refractivity contribution is 6.08. The van der Waals surface area contributed by atoms with E-state index in [0.29, 0.717) is 23.3 Å². The number of carboxylic acids is 2. The first-order valence-electron chi connectivity index (χ1n) is 6.81. The lowest BCUT2D eigenvalue weighted by molar-refractivity contribution is 0.0687. The minimum Gasteiger partial charge on any atom is -0.493 e. The minimum atomic E-state index is -1.06. The van der Waals surface area contributed by atoms with Crippen LogP contribution in [0.2, 0.25) is 0 Å². The van der Waals surface area contributed by atoms with Gasteiger partial charge in [0.1, 0.15) is 5.75 Å². The van der Waals surface area contributed by atoms with Crippen molar-refractivity contribution in [2.24, 2.45) is 0 Å². The van der Waals surface area contributed by atoms with E-state index in [1.54, 1.807) is 13.1 Å². The number of carbonyl (C=O) groups is 2. The number of aromatic carboxylic acids is 2. The average molecular weight is 289 g/mol. The van der Waals surface area contributed by atoms with E-state index in [-0.39, 0.29) is 17.2 Å². The van der Waals surface area contributed by atoms with Crippen LogP contribution in [0, 0.1) is 0 Å². The number of fused-ring (bicyclic) bond motifs is 1. The van der Waals surface area contributed by atoms with E-state index in [4.69, 9.17) is 4.74 Å². The van der Waals surface area contributed by atoms with Crippen LogP contribution >= 0.6 is 0 Å². The molecular weight excluding hydrogens is 274 g/mol. The van der Waals surface area contributed by atoms with Gasteiger partial charge in [0.2, 0.25) is 0 Å². The Bertz CT molecular complexity index is 742. The van der Waals surface area contributed by atoms with Gasteiger partial charge in [-0.15, -0.1) is 0 Å². The fourth-order valence-corrected chi connectivity index (χ4v) is 2.56. The summed E-state index contributed by atoms with van der Waals surface area (Å²) in [6, 6.07) is 3.15. The molecule has 0 unspecified atom stereocenters. The van der Waals surface area contributed by atoms with Crippen LogP contribution in [-0.2, 0) is 0 Å². The van der Waals surface area contributed by atoms with Crippen molar-refractivity contribution in [2.75, 3.05) is 6.61 Å². The number of rotatable bonds is 5. The zero-order valence-electron chi connectivity index (χ0n) is 11.5. The Morgan fingerprint density at radius 1 is 1.29 bits per heavy atom. The maximum absolute atomic E-state index is 11.5. The Kier molecular flexibility index (Phi) is 3.08. The molecule has 110 valence electrons. The zero-order valence-corrected chi connectivity index (χ0v) is 11.5. The van der Waals surface area contributed by atoms with Crippen molar-refractivity contribution >= 4 is 22.8 Å². The second-order valence-corrected chi connectivity index (χ2v) is 5.09. The van der Waals surface area contributed by atoms with E-state index < -0.39 is 11.9 Å². The number of nitrogens with zero attached hydrogens (tertiary/aromatic N) is 1. The van der Waals surface area contributed by atoms with Gasteiger partial charge in [0.05, 0.1) is 28.6 Å². The number of benzene rings is 1. The molecule has 6 heteroatoms. The van der Waals surface area contributed by atoms with Crippen molar-refractivity contribution in [3.8, 4) is 5.75 Å². The molecule has 1 aliphatic carbocycles. The molecule has 0 atom stereocenters. The normalized spacial score (nSPS) is 14.3. The fourth-order valence-electron chi connectivity index (χ4n) is 2.56. The number of ether oxygens (including phenoxy) is 1. The number of hydrogen-bond acceptors (Lipinski definition) is 3. The summed E-state index contributed by atoms with van der Waals surface area (Å²) in [5.74, 6) is -1.79. The van der Waals surface area contributed by atoms with E-state index in [2.05, 4.69) is 0 Å². The molecule has 1 aromatic carbocycles. The predicted molar refractivity (Wildman–Crippen MR) is 75.3 cm³/mol. The molecule has 0 spiro atoms.